The summed E-state index contributed by atoms with van der Waals surface area (Å²) in [7, 11) is 0. The largest absolute Gasteiger partial charge is 0.348 e. The van der Waals surface area contributed by atoms with Gasteiger partial charge in [-0.1, -0.05) is 54.6 Å². The molecule has 35 heavy (non-hydrogen) atoms. The zero-order valence-corrected chi connectivity index (χ0v) is 19.6. The Bertz CT molecular complexity index is 1380. The molecule has 0 aliphatic heterocycles. The fraction of sp³-hybridized carbons (Fsp3) is 0.250. The molecule has 0 saturated heterocycles. The van der Waals surface area contributed by atoms with Gasteiger partial charge in [0.1, 0.15) is 0 Å². The van der Waals surface area contributed by atoms with Gasteiger partial charge in [0.05, 0.1) is 24.3 Å². The van der Waals surface area contributed by atoms with Crippen molar-refractivity contribution in [3.63, 3.8) is 0 Å². The van der Waals surface area contributed by atoms with Crippen LogP contribution >= 0.6 is 0 Å². The maximum Gasteiger partial charge on any atom is 0.255 e. The first-order valence-electron chi connectivity index (χ1n) is 12.0. The number of pyridine rings is 1. The first-order valence-corrected chi connectivity index (χ1v) is 12.0. The second-order valence-corrected chi connectivity index (χ2v) is 9.09. The molecule has 1 amide bonds. The van der Waals surface area contributed by atoms with Crippen LogP contribution in [0.5, 0.6) is 0 Å². The summed E-state index contributed by atoms with van der Waals surface area (Å²) in [6, 6.07) is 21.3. The predicted octanol–water partition coefficient (Wildman–Crippen LogP) is 3.41. The highest BCUT2D eigenvalue weighted by Gasteiger charge is 2.31. The quantitative estimate of drug-likeness (QED) is 0.394. The molecular formula is C28H29N5O2. The van der Waals surface area contributed by atoms with Crippen molar-refractivity contribution in [3.8, 4) is 0 Å². The van der Waals surface area contributed by atoms with Crippen LogP contribution in [0.15, 0.2) is 83.9 Å². The van der Waals surface area contributed by atoms with E-state index in [1.165, 1.54) is 0 Å². The molecule has 7 nitrogen and oxygen atoms in total. The van der Waals surface area contributed by atoms with Gasteiger partial charge in [0, 0.05) is 37.5 Å². The number of nitrogens with one attached hydrogen (secondary N) is 1. The predicted molar refractivity (Wildman–Crippen MR) is 135 cm³/mol. The molecule has 0 bridgehead atoms. The maximum atomic E-state index is 13.0. The molecule has 1 aliphatic rings. The highest BCUT2D eigenvalue weighted by Crippen LogP contribution is 2.40. The van der Waals surface area contributed by atoms with E-state index < -0.39 is 0 Å². The number of rotatable bonds is 9. The van der Waals surface area contributed by atoms with E-state index in [0.29, 0.717) is 37.7 Å². The van der Waals surface area contributed by atoms with Crippen LogP contribution in [-0.2, 0) is 26.2 Å². The van der Waals surface area contributed by atoms with Crippen LogP contribution in [-0.4, -0.2) is 20.3 Å². The number of aromatic nitrogens is 3. The van der Waals surface area contributed by atoms with Crippen LogP contribution in [0.2, 0.25) is 0 Å². The summed E-state index contributed by atoms with van der Waals surface area (Å²) in [5.41, 5.74) is 11.5. The number of hydrogen-bond donors (Lipinski definition) is 2. The molecule has 2 heterocycles. The van der Waals surface area contributed by atoms with Crippen molar-refractivity contribution in [2.45, 2.75) is 44.9 Å². The number of carbonyl (C=O) groups is 1. The third kappa shape index (κ3) is 5.58. The number of nitrogens with zero attached hydrogens (tertiary/aromatic N) is 3. The molecule has 1 fully saturated rings. The summed E-state index contributed by atoms with van der Waals surface area (Å²) in [5, 5.41) is 7.81. The maximum absolute atomic E-state index is 13.0. The van der Waals surface area contributed by atoms with Gasteiger partial charge >= 0.3 is 0 Å². The molecule has 0 spiro atoms. The molecule has 0 unspecified atom stereocenters. The SMILES string of the molecule is NCc1cccc(CNC(=O)c2cn(Cc3ccc(Cn4ccccc4=O)cc3)nc2C2CC2)c1. The van der Waals surface area contributed by atoms with Crippen LogP contribution < -0.4 is 16.6 Å². The minimum absolute atomic E-state index is 0.0152. The van der Waals surface area contributed by atoms with Crippen LogP contribution in [0.1, 0.15) is 57.1 Å². The molecule has 1 saturated carbocycles. The van der Waals surface area contributed by atoms with Gasteiger partial charge in [-0.2, -0.15) is 5.10 Å². The van der Waals surface area contributed by atoms with Crippen molar-refractivity contribution in [2.75, 3.05) is 0 Å². The molecule has 178 valence electrons. The Hall–Kier alpha value is -3.97. The van der Waals surface area contributed by atoms with Gasteiger partial charge in [-0.3, -0.25) is 14.3 Å². The highest BCUT2D eigenvalue weighted by molar-refractivity contribution is 5.95. The van der Waals surface area contributed by atoms with E-state index in [1.807, 2.05) is 65.5 Å². The Morgan fingerprint density at radius 2 is 1.69 bits per heavy atom. The summed E-state index contributed by atoms with van der Waals surface area (Å²) in [6.07, 6.45) is 5.80. The van der Waals surface area contributed by atoms with Gasteiger partial charge in [-0.15, -0.1) is 0 Å². The Kier molecular flexibility index (Phi) is 6.59. The van der Waals surface area contributed by atoms with E-state index in [1.54, 1.807) is 22.9 Å². The van der Waals surface area contributed by atoms with E-state index in [2.05, 4.69) is 5.32 Å². The van der Waals surface area contributed by atoms with Crippen molar-refractivity contribution < 1.29 is 4.79 Å². The second kappa shape index (κ2) is 10.1. The smallest absolute Gasteiger partial charge is 0.255 e. The van der Waals surface area contributed by atoms with Gasteiger partial charge in [-0.05, 0) is 41.2 Å². The standard InChI is InChI=1S/C28H29N5O2/c29-15-22-4-3-5-23(14-22)16-30-28(35)25-19-33(31-27(25)24-11-12-24)18-21-9-7-20(8-10-21)17-32-13-2-1-6-26(32)34/h1-10,13-14,19,24H,11-12,15-18,29H2,(H,30,35). The number of amides is 1. The van der Waals surface area contributed by atoms with Crippen molar-refractivity contribution in [1.29, 1.82) is 0 Å². The molecular weight excluding hydrogens is 438 g/mol. The van der Waals surface area contributed by atoms with Crippen LogP contribution in [0.3, 0.4) is 0 Å². The van der Waals surface area contributed by atoms with E-state index >= 15 is 0 Å². The lowest BCUT2D eigenvalue weighted by Gasteiger charge is -2.07. The van der Waals surface area contributed by atoms with Gasteiger partial charge in [0.15, 0.2) is 0 Å². The third-order valence-electron chi connectivity index (χ3n) is 6.30. The number of benzene rings is 2. The normalized spacial score (nSPS) is 13.1. The fourth-order valence-corrected chi connectivity index (χ4v) is 4.22. The number of nitrogens with two attached hydrogens (primary N) is 1. The summed E-state index contributed by atoms with van der Waals surface area (Å²) >= 11 is 0. The Morgan fingerprint density at radius 1 is 0.943 bits per heavy atom. The van der Waals surface area contributed by atoms with Crippen molar-refractivity contribution in [3.05, 3.63) is 123 Å². The highest BCUT2D eigenvalue weighted by atomic mass is 16.1. The monoisotopic (exact) mass is 467 g/mol. The lowest BCUT2D eigenvalue weighted by atomic mass is 10.1. The molecule has 5 rings (SSSR count). The molecule has 2 aromatic heterocycles. The molecule has 3 N–H and O–H groups in total. The van der Waals surface area contributed by atoms with Gasteiger partial charge in [0.25, 0.3) is 11.5 Å². The summed E-state index contributed by atoms with van der Waals surface area (Å²) in [4.78, 5) is 25.0. The lowest BCUT2D eigenvalue weighted by Crippen LogP contribution is -2.23. The Labute approximate surface area is 204 Å². The lowest BCUT2D eigenvalue weighted by molar-refractivity contribution is 0.0950. The second-order valence-electron chi connectivity index (χ2n) is 9.09. The van der Waals surface area contributed by atoms with E-state index in [-0.39, 0.29) is 11.5 Å². The van der Waals surface area contributed by atoms with Crippen molar-refractivity contribution in [1.82, 2.24) is 19.7 Å². The first-order chi connectivity index (χ1) is 17.1. The van der Waals surface area contributed by atoms with E-state index in [0.717, 1.165) is 40.8 Å². The Balaban J connectivity index is 1.26. The minimum Gasteiger partial charge on any atom is -0.348 e. The van der Waals surface area contributed by atoms with E-state index in [4.69, 9.17) is 10.8 Å². The fourth-order valence-electron chi connectivity index (χ4n) is 4.22. The summed E-state index contributed by atoms with van der Waals surface area (Å²) in [6.45, 7) is 2.04. The minimum atomic E-state index is -0.0973. The molecule has 0 radical (unpaired) electrons. The molecule has 0 atom stereocenters. The van der Waals surface area contributed by atoms with Gasteiger partial charge in [-0.25, -0.2) is 0 Å². The number of hydrogen-bond acceptors (Lipinski definition) is 4. The molecule has 1 aliphatic carbocycles. The third-order valence-corrected chi connectivity index (χ3v) is 6.30. The summed E-state index contributed by atoms with van der Waals surface area (Å²) in [5.74, 6) is 0.268. The summed E-state index contributed by atoms with van der Waals surface area (Å²) < 4.78 is 3.54. The van der Waals surface area contributed by atoms with Gasteiger partial charge < -0.3 is 15.6 Å². The molecule has 2 aromatic carbocycles. The van der Waals surface area contributed by atoms with Crippen molar-refractivity contribution in [2.24, 2.45) is 5.73 Å². The first kappa shape index (κ1) is 22.8. The van der Waals surface area contributed by atoms with Crippen LogP contribution in [0.25, 0.3) is 0 Å². The van der Waals surface area contributed by atoms with Crippen LogP contribution in [0, 0.1) is 0 Å². The topological polar surface area (TPSA) is 94.9 Å². The Morgan fingerprint density at radius 3 is 2.40 bits per heavy atom. The van der Waals surface area contributed by atoms with Crippen molar-refractivity contribution >= 4 is 5.91 Å². The van der Waals surface area contributed by atoms with E-state index in [9.17, 15) is 9.59 Å². The number of carbonyl (C=O) groups excluding carboxylic acids is 1. The average molecular weight is 468 g/mol. The van der Waals surface area contributed by atoms with Crippen LogP contribution in [0.4, 0.5) is 0 Å². The average Bonchev–Trinajstić information content (AvgIpc) is 3.65. The zero-order valence-electron chi connectivity index (χ0n) is 19.6. The molecule has 4 aromatic rings. The molecule has 7 heteroatoms. The zero-order chi connectivity index (χ0) is 24.2. The van der Waals surface area contributed by atoms with Gasteiger partial charge in [0.2, 0.25) is 0 Å².